The summed E-state index contributed by atoms with van der Waals surface area (Å²) >= 11 is 0. The Morgan fingerprint density at radius 2 is 1.14 bits per heavy atom. The van der Waals surface area contributed by atoms with E-state index in [0.717, 1.165) is 25.9 Å². The van der Waals surface area contributed by atoms with E-state index in [-0.39, 0.29) is 0 Å². The van der Waals surface area contributed by atoms with Crippen molar-refractivity contribution in [1.82, 2.24) is 4.98 Å². The van der Waals surface area contributed by atoms with Crippen molar-refractivity contribution in [2.75, 3.05) is 18.0 Å². The third-order valence-corrected chi connectivity index (χ3v) is 5.84. The molecule has 2 aromatic carbocycles. The quantitative estimate of drug-likeness (QED) is 0.640. The summed E-state index contributed by atoms with van der Waals surface area (Å²) in [7, 11) is 0. The van der Waals surface area contributed by atoms with Gasteiger partial charge in [0.15, 0.2) is 0 Å². The van der Waals surface area contributed by atoms with E-state index in [1.165, 1.54) is 50.2 Å². The fraction of sp³-hybridized carbons (Fsp3) is 0.346. The molecule has 3 aromatic rings. The average Bonchev–Trinajstić information content (AvgIpc) is 2.66. The molecule has 0 saturated carbocycles. The van der Waals surface area contributed by atoms with Crippen LogP contribution in [0.15, 0.2) is 48.8 Å². The van der Waals surface area contributed by atoms with E-state index in [0.29, 0.717) is 6.04 Å². The summed E-state index contributed by atoms with van der Waals surface area (Å²) in [5.41, 5.74) is 17.5. The Kier molecular flexibility index (Phi) is 5.42. The maximum Gasteiger partial charge on any atom is 0.0556 e. The summed E-state index contributed by atoms with van der Waals surface area (Å²) in [4.78, 5) is 7.19. The monoisotopic (exact) mass is 385 g/mol. The van der Waals surface area contributed by atoms with E-state index < -0.39 is 0 Å². The summed E-state index contributed by atoms with van der Waals surface area (Å²) < 4.78 is 0. The van der Waals surface area contributed by atoms with Crippen LogP contribution in [0.1, 0.15) is 35.1 Å². The van der Waals surface area contributed by atoms with Gasteiger partial charge in [-0.3, -0.25) is 4.98 Å². The molecule has 1 aromatic heterocycles. The minimum absolute atomic E-state index is 0.308. The molecule has 0 aliphatic carbocycles. The summed E-state index contributed by atoms with van der Waals surface area (Å²) in [5, 5.41) is 0. The Morgan fingerprint density at radius 1 is 0.724 bits per heavy atom. The molecule has 2 N–H and O–H groups in total. The van der Waals surface area contributed by atoms with Gasteiger partial charge in [0.2, 0.25) is 0 Å². The van der Waals surface area contributed by atoms with Gasteiger partial charge in [-0.1, -0.05) is 58.7 Å². The molecule has 1 fully saturated rings. The molecule has 3 heteroatoms. The Labute approximate surface area is 174 Å². The predicted molar refractivity (Wildman–Crippen MR) is 123 cm³/mol. The second kappa shape index (κ2) is 8.00. The number of piperidine rings is 1. The molecule has 3 nitrogen and oxygen atoms in total. The Hall–Kier alpha value is -2.65. The van der Waals surface area contributed by atoms with Crippen LogP contribution < -0.4 is 10.6 Å². The number of aryl methyl sites for hydroxylation is 4. The van der Waals surface area contributed by atoms with Crippen molar-refractivity contribution in [3.8, 4) is 22.3 Å². The van der Waals surface area contributed by atoms with Crippen LogP contribution in [0.3, 0.4) is 0 Å². The van der Waals surface area contributed by atoms with E-state index in [1.54, 1.807) is 0 Å². The highest BCUT2D eigenvalue weighted by Crippen LogP contribution is 2.40. The average molecular weight is 386 g/mol. The van der Waals surface area contributed by atoms with Gasteiger partial charge in [-0.25, -0.2) is 0 Å². The van der Waals surface area contributed by atoms with Crippen LogP contribution in [0.25, 0.3) is 22.3 Å². The smallest absolute Gasteiger partial charge is 0.0556 e. The fourth-order valence-corrected chi connectivity index (χ4v) is 4.60. The van der Waals surface area contributed by atoms with Crippen molar-refractivity contribution < 1.29 is 0 Å². The lowest BCUT2D eigenvalue weighted by molar-refractivity contribution is 0.501. The van der Waals surface area contributed by atoms with Crippen LogP contribution in [0.5, 0.6) is 0 Å². The lowest BCUT2D eigenvalue weighted by Crippen LogP contribution is -2.40. The largest absolute Gasteiger partial charge is 0.370 e. The number of hydrogen-bond acceptors (Lipinski definition) is 3. The van der Waals surface area contributed by atoms with E-state index >= 15 is 0 Å². The standard InChI is InChI=1S/C26H31N3/c1-17-9-18(2)12-21(11-17)24-15-28-16-25(22-13-19(3)10-20(4)14-22)26(24)29-7-5-23(27)6-8-29/h9-16,23H,5-8,27H2,1-4H3. The zero-order valence-electron chi connectivity index (χ0n) is 18.0. The van der Waals surface area contributed by atoms with Gasteiger partial charge in [0.05, 0.1) is 5.69 Å². The van der Waals surface area contributed by atoms with E-state index in [4.69, 9.17) is 5.73 Å². The van der Waals surface area contributed by atoms with Gasteiger partial charge in [-0.2, -0.15) is 0 Å². The molecule has 29 heavy (non-hydrogen) atoms. The minimum Gasteiger partial charge on any atom is -0.370 e. The van der Waals surface area contributed by atoms with Gasteiger partial charge >= 0.3 is 0 Å². The third kappa shape index (κ3) is 4.20. The number of rotatable bonds is 3. The number of nitrogens with zero attached hydrogens (tertiary/aromatic N) is 2. The zero-order chi connectivity index (χ0) is 20.5. The van der Waals surface area contributed by atoms with Crippen molar-refractivity contribution >= 4 is 5.69 Å². The zero-order valence-corrected chi connectivity index (χ0v) is 18.0. The second-order valence-corrected chi connectivity index (χ2v) is 8.66. The lowest BCUT2D eigenvalue weighted by atomic mass is 9.93. The van der Waals surface area contributed by atoms with Crippen molar-refractivity contribution in [1.29, 1.82) is 0 Å². The topological polar surface area (TPSA) is 42.2 Å². The number of pyridine rings is 1. The number of anilines is 1. The first-order valence-electron chi connectivity index (χ1n) is 10.6. The summed E-state index contributed by atoms with van der Waals surface area (Å²) in [6.07, 6.45) is 6.12. The highest BCUT2D eigenvalue weighted by Gasteiger charge is 2.23. The van der Waals surface area contributed by atoms with Crippen molar-refractivity contribution in [3.05, 3.63) is 71.0 Å². The number of benzene rings is 2. The first kappa shape index (κ1) is 19.7. The van der Waals surface area contributed by atoms with Crippen LogP contribution in [0.4, 0.5) is 5.69 Å². The molecule has 0 radical (unpaired) electrons. The SMILES string of the molecule is Cc1cc(C)cc(-c2cncc(-c3cc(C)cc(C)c3)c2N2CCC(N)CC2)c1. The molecule has 0 amide bonds. The first-order chi connectivity index (χ1) is 13.9. The lowest BCUT2D eigenvalue weighted by Gasteiger charge is -2.35. The second-order valence-electron chi connectivity index (χ2n) is 8.66. The molecule has 1 aliphatic heterocycles. The maximum atomic E-state index is 6.21. The number of aromatic nitrogens is 1. The Bertz CT molecular complexity index is 920. The van der Waals surface area contributed by atoms with Gasteiger partial charge < -0.3 is 10.6 Å². The maximum absolute atomic E-state index is 6.21. The number of hydrogen-bond donors (Lipinski definition) is 1. The third-order valence-electron chi connectivity index (χ3n) is 5.84. The molecule has 0 bridgehead atoms. The first-order valence-corrected chi connectivity index (χ1v) is 10.6. The Balaban J connectivity index is 1.93. The highest BCUT2D eigenvalue weighted by atomic mass is 15.1. The summed E-state index contributed by atoms with van der Waals surface area (Å²) in [6.45, 7) is 10.6. The number of nitrogens with two attached hydrogens (primary N) is 1. The van der Waals surface area contributed by atoms with Crippen LogP contribution in [-0.2, 0) is 0 Å². The van der Waals surface area contributed by atoms with Gasteiger partial charge in [0.1, 0.15) is 0 Å². The molecule has 0 spiro atoms. The van der Waals surface area contributed by atoms with Crippen LogP contribution in [0.2, 0.25) is 0 Å². The van der Waals surface area contributed by atoms with Gasteiger partial charge in [0.25, 0.3) is 0 Å². The molecular formula is C26H31N3. The van der Waals surface area contributed by atoms with E-state index in [9.17, 15) is 0 Å². The molecule has 2 heterocycles. The molecular weight excluding hydrogens is 354 g/mol. The normalized spacial score (nSPS) is 15.0. The molecule has 1 aliphatic rings. The van der Waals surface area contributed by atoms with Crippen molar-refractivity contribution in [2.45, 2.75) is 46.6 Å². The van der Waals surface area contributed by atoms with Gasteiger partial charge in [-0.15, -0.1) is 0 Å². The molecule has 0 atom stereocenters. The molecule has 0 unspecified atom stereocenters. The summed E-state index contributed by atoms with van der Waals surface area (Å²) in [5.74, 6) is 0. The van der Waals surface area contributed by atoms with E-state index in [2.05, 4.69) is 74.0 Å². The predicted octanol–water partition coefficient (Wildman–Crippen LogP) is 5.58. The van der Waals surface area contributed by atoms with Gasteiger partial charge in [0, 0.05) is 42.7 Å². The van der Waals surface area contributed by atoms with Crippen LogP contribution in [0, 0.1) is 27.7 Å². The molecule has 1 saturated heterocycles. The van der Waals surface area contributed by atoms with Crippen LogP contribution >= 0.6 is 0 Å². The Morgan fingerprint density at radius 3 is 1.55 bits per heavy atom. The van der Waals surface area contributed by atoms with Crippen molar-refractivity contribution in [3.63, 3.8) is 0 Å². The van der Waals surface area contributed by atoms with Crippen molar-refractivity contribution in [2.24, 2.45) is 5.73 Å². The highest BCUT2D eigenvalue weighted by molar-refractivity contribution is 5.90. The van der Waals surface area contributed by atoms with Gasteiger partial charge in [-0.05, 0) is 51.7 Å². The fourth-order valence-electron chi connectivity index (χ4n) is 4.60. The molecule has 150 valence electrons. The summed E-state index contributed by atoms with van der Waals surface area (Å²) in [6, 6.07) is 13.8. The minimum atomic E-state index is 0.308. The van der Waals surface area contributed by atoms with E-state index in [1.807, 2.05) is 12.4 Å². The molecule has 4 rings (SSSR count). The van der Waals surface area contributed by atoms with Crippen LogP contribution in [-0.4, -0.2) is 24.1 Å².